The average molecular weight is 274 g/mol. The van der Waals surface area contributed by atoms with Gasteiger partial charge in [-0.3, -0.25) is 0 Å². The molecule has 0 spiro atoms. The largest absolute Gasteiger partial charge is 0.341 e. The second kappa shape index (κ2) is 6.18. The zero-order chi connectivity index (χ0) is 14.5. The maximum Gasteiger partial charge on any atom is 0.317 e. The summed E-state index contributed by atoms with van der Waals surface area (Å²) in [4.78, 5) is 17.5. The molecule has 1 N–H and O–H groups in total. The molecule has 0 bridgehead atoms. The number of urea groups is 1. The van der Waals surface area contributed by atoms with Gasteiger partial charge in [0.05, 0.1) is 0 Å². The van der Waals surface area contributed by atoms with Crippen LogP contribution in [0.15, 0.2) is 28.8 Å². The molecule has 6 nitrogen and oxygen atoms in total. The number of benzene rings is 1. The number of nitrogens with one attached hydrogen (secondary N) is 1. The van der Waals surface area contributed by atoms with E-state index in [1.165, 1.54) is 5.56 Å². The van der Waals surface area contributed by atoms with E-state index in [-0.39, 0.29) is 6.03 Å². The van der Waals surface area contributed by atoms with Gasteiger partial charge in [0.15, 0.2) is 0 Å². The monoisotopic (exact) mass is 274 g/mol. The molecule has 6 heteroatoms. The van der Waals surface area contributed by atoms with E-state index in [0.717, 1.165) is 5.56 Å². The molecule has 0 fully saturated rings. The maximum atomic E-state index is 11.6. The fraction of sp³-hybridized carbons (Fsp3) is 0.357. The number of nitrogens with zero attached hydrogens (tertiary/aromatic N) is 3. The second-order valence-electron chi connectivity index (χ2n) is 4.45. The lowest BCUT2D eigenvalue weighted by Gasteiger charge is -2.17. The Kier molecular flexibility index (Phi) is 4.34. The van der Waals surface area contributed by atoms with E-state index in [9.17, 15) is 4.79 Å². The SMILES string of the molecule is CCN(Cc1nc(-c2ccc(C)cc2)no1)C(=O)NC. The van der Waals surface area contributed by atoms with Crippen LogP contribution in [0.5, 0.6) is 0 Å². The normalized spacial score (nSPS) is 10.3. The minimum atomic E-state index is -0.164. The van der Waals surface area contributed by atoms with Crippen molar-refractivity contribution in [2.75, 3.05) is 13.6 Å². The first-order chi connectivity index (χ1) is 9.63. The Hall–Kier alpha value is -2.37. The number of aryl methyl sites for hydroxylation is 1. The van der Waals surface area contributed by atoms with Crippen LogP contribution in [0.2, 0.25) is 0 Å². The van der Waals surface area contributed by atoms with Crippen molar-refractivity contribution in [3.63, 3.8) is 0 Å². The van der Waals surface area contributed by atoms with Crippen LogP contribution in [0.1, 0.15) is 18.4 Å². The molecule has 0 saturated carbocycles. The zero-order valence-corrected chi connectivity index (χ0v) is 11.9. The Balaban J connectivity index is 2.12. The van der Waals surface area contributed by atoms with Crippen LogP contribution in [0.4, 0.5) is 4.79 Å². The van der Waals surface area contributed by atoms with Crippen molar-refractivity contribution in [2.24, 2.45) is 0 Å². The zero-order valence-electron chi connectivity index (χ0n) is 11.9. The molecule has 2 amide bonds. The summed E-state index contributed by atoms with van der Waals surface area (Å²) in [5, 5.41) is 6.52. The third kappa shape index (κ3) is 3.14. The number of amides is 2. The van der Waals surface area contributed by atoms with E-state index in [2.05, 4.69) is 15.5 Å². The number of carbonyl (C=O) groups is 1. The predicted octanol–water partition coefficient (Wildman–Crippen LogP) is 2.21. The summed E-state index contributed by atoms with van der Waals surface area (Å²) in [5.41, 5.74) is 2.07. The molecular weight excluding hydrogens is 256 g/mol. The summed E-state index contributed by atoms with van der Waals surface area (Å²) in [6.07, 6.45) is 0. The summed E-state index contributed by atoms with van der Waals surface area (Å²) in [5.74, 6) is 0.957. The average Bonchev–Trinajstić information content (AvgIpc) is 2.93. The van der Waals surface area contributed by atoms with Crippen molar-refractivity contribution in [3.05, 3.63) is 35.7 Å². The van der Waals surface area contributed by atoms with Crippen molar-refractivity contribution in [2.45, 2.75) is 20.4 Å². The van der Waals surface area contributed by atoms with Crippen molar-refractivity contribution in [3.8, 4) is 11.4 Å². The molecule has 1 aromatic carbocycles. The Morgan fingerprint density at radius 3 is 2.65 bits per heavy atom. The topological polar surface area (TPSA) is 71.3 Å². The highest BCUT2D eigenvalue weighted by molar-refractivity contribution is 5.73. The van der Waals surface area contributed by atoms with Crippen LogP contribution in [0.3, 0.4) is 0 Å². The smallest absolute Gasteiger partial charge is 0.317 e. The lowest BCUT2D eigenvalue weighted by atomic mass is 10.1. The fourth-order valence-corrected chi connectivity index (χ4v) is 1.79. The van der Waals surface area contributed by atoms with Gasteiger partial charge in [-0.2, -0.15) is 4.98 Å². The highest BCUT2D eigenvalue weighted by Crippen LogP contribution is 2.16. The van der Waals surface area contributed by atoms with Crippen LogP contribution in [0.25, 0.3) is 11.4 Å². The van der Waals surface area contributed by atoms with Gasteiger partial charge in [0.2, 0.25) is 11.7 Å². The van der Waals surface area contributed by atoms with Crippen molar-refractivity contribution in [1.82, 2.24) is 20.4 Å². The summed E-state index contributed by atoms with van der Waals surface area (Å²) >= 11 is 0. The van der Waals surface area contributed by atoms with Crippen molar-refractivity contribution in [1.29, 1.82) is 0 Å². The van der Waals surface area contributed by atoms with Gasteiger partial charge in [-0.1, -0.05) is 35.0 Å². The van der Waals surface area contributed by atoms with E-state index < -0.39 is 0 Å². The van der Waals surface area contributed by atoms with Crippen LogP contribution in [-0.4, -0.2) is 34.7 Å². The van der Waals surface area contributed by atoms with Gasteiger partial charge in [0.1, 0.15) is 6.54 Å². The molecule has 2 aromatic rings. The lowest BCUT2D eigenvalue weighted by molar-refractivity contribution is 0.192. The van der Waals surface area contributed by atoms with Gasteiger partial charge in [0.25, 0.3) is 0 Å². The Morgan fingerprint density at radius 1 is 1.35 bits per heavy atom. The fourth-order valence-electron chi connectivity index (χ4n) is 1.79. The number of aromatic nitrogens is 2. The molecule has 0 unspecified atom stereocenters. The quantitative estimate of drug-likeness (QED) is 0.927. The van der Waals surface area contributed by atoms with Crippen LogP contribution < -0.4 is 5.32 Å². The van der Waals surface area contributed by atoms with E-state index in [1.807, 2.05) is 38.1 Å². The highest BCUT2D eigenvalue weighted by atomic mass is 16.5. The molecule has 1 aromatic heterocycles. The van der Waals surface area contributed by atoms with Gasteiger partial charge < -0.3 is 14.7 Å². The molecule has 1 heterocycles. The molecule has 20 heavy (non-hydrogen) atoms. The van der Waals surface area contributed by atoms with Crippen molar-refractivity contribution >= 4 is 6.03 Å². The first-order valence-electron chi connectivity index (χ1n) is 6.50. The molecule has 0 aliphatic carbocycles. The minimum Gasteiger partial charge on any atom is -0.341 e. The molecule has 0 aliphatic rings. The molecule has 0 saturated heterocycles. The summed E-state index contributed by atoms with van der Waals surface area (Å²) in [6.45, 7) is 4.79. The first-order valence-corrected chi connectivity index (χ1v) is 6.50. The first kappa shape index (κ1) is 14.0. The lowest BCUT2D eigenvalue weighted by Crippen LogP contribution is -2.37. The second-order valence-corrected chi connectivity index (χ2v) is 4.45. The Bertz CT molecular complexity index is 577. The molecule has 0 atom stereocenters. The van der Waals surface area contributed by atoms with Gasteiger partial charge in [-0.25, -0.2) is 4.79 Å². The third-order valence-corrected chi connectivity index (χ3v) is 2.99. The Morgan fingerprint density at radius 2 is 2.05 bits per heavy atom. The van der Waals surface area contributed by atoms with E-state index in [1.54, 1.807) is 11.9 Å². The van der Waals surface area contributed by atoms with Crippen LogP contribution in [0, 0.1) is 6.92 Å². The number of rotatable bonds is 4. The summed E-state index contributed by atoms with van der Waals surface area (Å²) in [6, 6.07) is 7.71. The van der Waals surface area contributed by atoms with Crippen LogP contribution in [-0.2, 0) is 6.54 Å². The van der Waals surface area contributed by atoms with E-state index in [0.29, 0.717) is 24.8 Å². The van der Waals surface area contributed by atoms with Gasteiger partial charge in [-0.15, -0.1) is 0 Å². The minimum absolute atomic E-state index is 0.164. The predicted molar refractivity (Wildman–Crippen MR) is 75.0 cm³/mol. The molecule has 0 radical (unpaired) electrons. The van der Waals surface area contributed by atoms with Gasteiger partial charge >= 0.3 is 6.03 Å². The molecular formula is C14H18N4O2. The Labute approximate surface area is 117 Å². The molecule has 106 valence electrons. The standard InChI is InChI=1S/C14H18N4O2/c1-4-18(14(19)15-3)9-12-16-13(17-20-12)11-7-5-10(2)6-8-11/h5-8H,4,9H2,1-3H3,(H,15,19). The molecule has 0 aliphatic heterocycles. The van der Waals surface area contributed by atoms with E-state index in [4.69, 9.17) is 4.52 Å². The highest BCUT2D eigenvalue weighted by Gasteiger charge is 2.15. The molecule has 2 rings (SSSR count). The van der Waals surface area contributed by atoms with Crippen molar-refractivity contribution < 1.29 is 9.32 Å². The van der Waals surface area contributed by atoms with Gasteiger partial charge in [0, 0.05) is 19.2 Å². The third-order valence-electron chi connectivity index (χ3n) is 2.99. The van der Waals surface area contributed by atoms with Gasteiger partial charge in [-0.05, 0) is 13.8 Å². The maximum absolute atomic E-state index is 11.6. The summed E-state index contributed by atoms with van der Waals surface area (Å²) in [7, 11) is 1.59. The van der Waals surface area contributed by atoms with E-state index >= 15 is 0 Å². The number of hydrogen-bond acceptors (Lipinski definition) is 4. The number of hydrogen-bond donors (Lipinski definition) is 1. The number of carbonyl (C=O) groups excluding carboxylic acids is 1. The van der Waals surface area contributed by atoms with Crippen LogP contribution >= 0.6 is 0 Å². The summed E-state index contributed by atoms with van der Waals surface area (Å²) < 4.78 is 5.19.